The van der Waals surface area contributed by atoms with Crippen LogP contribution in [0.4, 0.5) is 0 Å². The van der Waals surface area contributed by atoms with Gasteiger partial charge >= 0.3 is 5.97 Å². The van der Waals surface area contributed by atoms with Crippen molar-refractivity contribution in [2.24, 2.45) is 5.41 Å². The van der Waals surface area contributed by atoms with Crippen molar-refractivity contribution < 1.29 is 19.4 Å². The Morgan fingerprint density at radius 3 is 2.19 bits per heavy atom. The quantitative estimate of drug-likeness (QED) is 0.790. The van der Waals surface area contributed by atoms with Gasteiger partial charge in [0.25, 0.3) is 0 Å². The Kier molecular flexibility index (Phi) is 4.21. The predicted octanol–water partition coefficient (Wildman–Crippen LogP) is 2.52. The van der Waals surface area contributed by atoms with Crippen molar-refractivity contribution >= 4 is 11.9 Å². The van der Waals surface area contributed by atoms with Crippen LogP contribution in [0.5, 0.6) is 5.75 Å². The highest BCUT2D eigenvalue weighted by molar-refractivity contribution is 6.04. The number of ether oxygens (including phenoxy) is 1. The van der Waals surface area contributed by atoms with Gasteiger partial charge in [-0.05, 0) is 51.3 Å². The first-order valence-electron chi connectivity index (χ1n) is 7.16. The summed E-state index contributed by atoms with van der Waals surface area (Å²) < 4.78 is 5.56. The molecule has 1 aliphatic carbocycles. The van der Waals surface area contributed by atoms with Crippen LogP contribution in [0.15, 0.2) is 24.3 Å². The molecule has 21 heavy (non-hydrogen) atoms. The molecule has 1 saturated carbocycles. The van der Waals surface area contributed by atoms with Gasteiger partial charge in [-0.3, -0.25) is 9.59 Å². The topological polar surface area (TPSA) is 75.6 Å². The van der Waals surface area contributed by atoms with Crippen molar-refractivity contribution in [3.63, 3.8) is 0 Å². The van der Waals surface area contributed by atoms with Gasteiger partial charge in [0.1, 0.15) is 11.2 Å². The SMILES string of the molecule is CC(C)Oc1ccc(C(C)NC(=O)C2(C(=O)O)CC2)cc1. The summed E-state index contributed by atoms with van der Waals surface area (Å²) in [5, 5.41) is 11.9. The molecule has 5 heteroatoms. The van der Waals surface area contributed by atoms with Crippen molar-refractivity contribution in [2.45, 2.75) is 45.8 Å². The average Bonchev–Trinajstić information content (AvgIpc) is 3.20. The van der Waals surface area contributed by atoms with Crippen LogP contribution < -0.4 is 10.1 Å². The number of hydrogen-bond donors (Lipinski definition) is 2. The fourth-order valence-corrected chi connectivity index (χ4v) is 2.19. The van der Waals surface area contributed by atoms with Crippen molar-refractivity contribution in [1.29, 1.82) is 0 Å². The Labute approximate surface area is 124 Å². The zero-order chi connectivity index (χ0) is 15.6. The van der Waals surface area contributed by atoms with E-state index in [-0.39, 0.29) is 12.1 Å². The molecule has 1 unspecified atom stereocenters. The van der Waals surface area contributed by atoms with E-state index in [9.17, 15) is 9.59 Å². The van der Waals surface area contributed by atoms with Crippen molar-refractivity contribution in [3.8, 4) is 5.75 Å². The Morgan fingerprint density at radius 1 is 1.19 bits per heavy atom. The molecule has 5 nitrogen and oxygen atoms in total. The summed E-state index contributed by atoms with van der Waals surface area (Å²) in [6.07, 6.45) is 0.947. The highest BCUT2D eigenvalue weighted by atomic mass is 16.5. The molecule has 0 radical (unpaired) electrons. The third-order valence-electron chi connectivity index (χ3n) is 3.69. The molecule has 0 aromatic heterocycles. The lowest BCUT2D eigenvalue weighted by Crippen LogP contribution is -2.38. The van der Waals surface area contributed by atoms with Crippen molar-refractivity contribution in [2.75, 3.05) is 0 Å². The Balaban J connectivity index is 1.99. The number of nitrogens with one attached hydrogen (secondary N) is 1. The molecular weight excluding hydrogens is 270 g/mol. The summed E-state index contributed by atoms with van der Waals surface area (Å²) in [6.45, 7) is 5.75. The number of amides is 1. The molecule has 2 N–H and O–H groups in total. The molecule has 1 aromatic carbocycles. The minimum atomic E-state index is -1.20. The van der Waals surface area contributed by atoms with E-state index in [1.165, 1.54) is 0 Å². The van der Waals surface area contributed by atoms with Gasteiger partial charge in [0.2, 0.25) is 5.91 Å². The predicted molar refractivity (Wildman–Crippen MR) is 78.1 cm³/mol. The smallest absolute Gasteiger partial charge is 0.319 e. The number of aliphatic carboxylic acids is 1. The number of benzene rings is 1. The lowest BCUT2D eigenvalue weighted by Gasteiger charge is -2.18. The molecule has 0 spiro atoms. The first-order valence-corrected chi connectivity index (χ1v) is 7.16. The van der Waals surface area contributed by atoms with Crippen LogP contribution in [0.1, 0.15) is 45.2 Å². The van der Waals surface area contributed by atoms with Gasteiger partial charge in [-0.15, -0.1) is 0 Å². The van der Waals surface area contributed by atoms with E-state index >= 15 is 0 Å². The second-order valence-electron chi connectivity index (χ2n) is 5.82. The van der Waals surface area contributed by atoms with Crippen LogP contribution in [-0.2, 0) is 9.59 Å². The number of carboxylic acids is 1. The molecule has 2 rings (SSSR count). The zero-order valence-corrected chi connectivity index (χ0v) is 12.6. The fraction of sp³-hybridized carbons (Fsp3) is 0.500. The van der Waals surface area contributed by atoms with Gasteiger partial charge in [0.15, 0.2) is 0 Å². The molecule has 1 atom stereocenters. The van der Waals surface area contributed by atoms with Gasteiger partial charge in [-0.1, -0.05) is 12.1 Å². The molecular formula is C16H21NO4. The molecule has 0 bridgehead atoms. The van der Waals surface area contributed by atoms with E-state index in [4.69, 9.17) is 9.84 Å². The summed E-state index contributed by atoms with van der Waals surface area (Å²) in [5.41, 5.74) is -0.282. The van der Waals surface area contributed by atoms with Crippen molar-refractivity contribution in [1.82, 2.24) is 5.32 Å². The fourth-order valence-electron chi connectivity index (χ4n) is 2.19. The van der Waals surface area contributed by atoms with Crippen LogP contribution in [-0.4, -0.2) is 23.1 Å². The van der Waals surface area contributed by atoms with Crippen LogP contribution in [0.3, 0.4) is 0 Å². The van der Waals surface area contributed by atoms with E-state index in [1.807, 2.05) is 45.0 Å². The summed E-state index contributed by atoms with van der Waals surface area (Å²) in [7, 11) is 0. The summed E-state index contributed by atoms with van der Waals surface area (Å²) in [5.74, 6) is -0.658. The maximum atomic E-state index is 12.0. The first-order chi connectivity index (χ1) is 9.85. The van der Waals surface area contributed by atoms with E-state index in [0.29, 0.717) is 12.8 Å². The second kappa shape index (κ2) is 5.76. The highest BCUT2D eigenvalue weighted by Gasteiger charge is 2.57. The number of carbonyl (C=O) groups excluding carboxylic acids is 1. The third kappa shape index (κ3) is 3.35. The maximum absolute atomic E-state index is 12.0. The first kappa shape index (κ1) is 15.4. The molecule has 1 fully saturated rings. The van der Waals surface area contributed by atoms with Crippen LogP contribution in [0.2, 0.25) is 0 Å². The minimum Gasteiger partial charge on any atom is -0.491 e. The summed E-state index contributed by atoms with van der Waals surface area (Å²) in [6, 6.07) is 7.22. The van der Waals surface area contributed by atoms with E-state index < -0.39 is 17.3 Å². The molecule has 0 aliphatic heterocycles. The molecule has 114 valence electrons. The summed E-state index contributed by atoms with van der Waals surface area (Å²) in [4.78, 5) is 23.2. The van der Waals surface area contributed by atoms with Gasteiger partial charge in [0.05, 0.1) is 12.1 Å². The van der Waals surface area contributed by atoms with E-state index in [1.54, 1.807) is 0 Å². The molecule has 1 aliphatic rings. The normalized spacial score (nSPS) is 17.1. The van der Waals surface area contributed by atoms with Crippen LogP contribution in [0, 0.1) is 5.41 Å². The molecule has 0 heterocycles. The van der Waals surface area contributed by atoms with Crippen LogP contribution >= 0.6 is 0 Å². The maximum Gasteiger partial charge on any atom is 0.319 e. The van der Waals surface area contributed by atoms with Gasteiger partial charge in [-0.2, -0.15) is 0 Å². The largest absolute Gasteiger partial charge is 0.491 e. The van der Waals surface area contributed by atoms with Crippen molar-refractivity contribution in [3.05, 3.63) is 29.8 Å². The Morgan fingerprint density at radius 2 is 1.76 bits per heavy atom. The van der Waals surface area contributed by atoms with Gasteiger partial charge in [0, 0.05) is 0 Å². The second-order valence-corrected chi connectivity index (χ2v) is 5.82. The zero-order valence-electron chi connectivity index (χ0n) is 12.6. The Hall–Kier alpha value is -2.04. The molecule has 0 saturated heterocycles. The van der Waals surface area contributed by atoms with Gasteiger partial charge < -0.3 is 15.2 Å². The average molecular weight is 291 g/mol. The number of carboxylic acid groups (broad SMARTS) is 1. The summed E-state index contributed by atoms with van der Waals surface area (Å²) >= 11 is 0. The monoisotopic (exact) mass is 291 g/mol. The Bertz CT molecular complexity index is 532. The number of rotatable bonds is 6. The van der Waals surface area contributed by atoms with E-state index in [2.05, 4.69) is 5.32 Å². The standard InChI is InChI=1S/C16H21NO4/c1-10(2)21-13-6-4-12(5-7-13)11(3)17-14(18)16(8-9-16)15(19)20/h4-7,10-11H,8-9H2,1-3H3,(H,17,18)(H,19,20). The highest BCUT2D eigenvalue weighted by Crippen LogP contribution is 2.46. The third-order valence-corrected chi connectivity index (χ3v) is 3.69. The van der Waals surface area contributed by atoms with Crippen LogP contribution in [0.25, 0.3) is 0 Å². The number of carbonyl (C=O) groups is 2. The lowest BCUT2D eigenvalue weighted by molar-refractivity contribution is -0.149. The molecule has 1 aromatic rings. The number of hydrogen-bond acceptors (Lipinski definition) is 3. The lowest BCUT2D eigenvalue weighted by atomic mass is 10.0. The minimum absolute atomic E-state index is 0.110. The van der Waals surface area contributed by atoms with E-state index in [0.717, 1.165) is 11.3 Å². The molecule has 1 amide bonds. The van der Waals surface area contributed by atoms with Gasteiger partial charge in [-0.25, -0.2) is 0 Å².